The number of hydrogen-bond donors (Lipinski definition) is 1. The Hall–Kier alpha value is -1.42. The lowest BCUT2D eigenvalue weighted by atomic mass is 9.98. The zero-order chi connectivity index (χ0) is 13.2. The fraction of sp³-hybridized carbons (Fsp3) is 0.600. The number of benzene rings is 1. The van der Waals surface area contributed by atoms with E-state index in [2.05, 4.69) is 11.8 Å². The molecule has 0 aromatic heterocycles. The summed E-state index contributed by atoms with van der Waals surface area (Å²) in [6.45, 7) is 6.79. The van der Waals surface area contributed by atoms with E-state index < -0.39 is 0 Å². The first kappa shape index (κ1) is 12.6. The molecule has 1 saturated heterocycles. The van der Waals surface area contributed by atoms with Crippen LogP contribution in [-0.2, 0) is 6.54 Å². The summed E-state index contributed by atoms with van der Waals surface area (Å²) in [7, 11) is 0. The molecule has 2 N–H and O–H groups in total. The standard InChI is InChI=1S/C15H22N2O2/c1-11-2-4-17(5-3-11)10-12-8-14-15(9-13(12)16)19-7-6-18-14/h8-9,11H,2-7,10,16H2,1H3. The van der Waals surface area contributed by atoms with Crippen molar-refractivity contribution in [3.05, 3.63) is 17.7 Å². The third kappa shape index (κ3) is 2.78. The molecule has 4 nitrogen and oxygen atoms in total. The van der Waals surface area contributed by atoms with E-state index in [-0.39, 0.29) is 0 Å². The van der Waals surface area contributed by atoms with E-state index in [1.165, 1.54) is 12.8 Å². The van der Waals surface area contributed by atoms with Gasteiger partial charge in [-0.2, -0.15) is 0 Å². The second-order valence-corrected chi connectivity index (χ2v) is 5.65. The number of rotatable bonds is 2. The number of ether oxygens (including phenoxy) is 2. The van der Waals surface area contributed by atoms with Crippen molar-refractivity contribution in [3.8, 4) is 11.5 Å². The summed E-state index contributed by atoms with van der Waals surface area (Å²) < 4.78 is 11.2. The average molecular weight is 262 g/mol. The van der Waals surface area contributed by atoms with Gasteiger partial charge in [0.05, 0.1) is 0 Å². The lowest BCUT2D eigenvalue weighted by Gasteiger charge is -2.31. The van der Waals surface area contributed by atoms with Gasteiger partial charge in [-0.15, -0.1) is 0 Å². The predicted molar refractivity (Wildman–Crippen MR) is 75.5 cm³/mol. The third-order valence-electron chi connectivity index (χ3n) is 4.07. The maximum absolute atomic E-state index is 6.13. The molecule has 19 heavy (non-hydrogen) atoms. The van der Waals surface area contributed by atoms with Crippen molar-refractivity contribution in [1.82, 2.24) is 4.90 Å². The van der Waals surface area contributed by atoms with Crippen LogP contribution in [0, 0.1) is 5.92 Å². The molecular formula is C15H22N2O2. The lowest BCUT2D eigenvalue weighted by Crippen LogP contribution is -2.32. The van der Waals surface area contributed by atoms with Crippen LogP contribution in [-0.4, -0.2) is 31.2 Å². The first-order valence-corrected chi connectivity index (χ1v) is 7.13. The normalized spacial score (nSPS) is 20.5. The van der Waals surface area contributed by atoms with Crippen molar-refractivity contribution in [2.24, 2.45) is 5.92 Å². The van der Waals surface area contributed by atoms with Crippen LogP contribution >= 0.6 is 0 Å². The predicted octanol–water partition coefficient (Wildman–Crippen LogP) is 2.27. The van der Waals surface area contributed by atoms with Crippen molar-refractivity contribution >= 4 is 5.69 Å². The number of fused-ring (bicyclic) bond motifs is 1. The molecule has 0 aliphatic carbocycles. The SMILES string of the molecule is CC1CCN(Cc2cc3c(cc2N)OCCO3)CC1. The van der Waals surface area contributed by atoms with Crippen molar-refractivity contribution in [3.63, 3.8) is 0 Å². The molecule has 3 rings (SSSR count). The fourth-order valence-corrected chi connectivity index (χ4v) is 2.74. The number of anilines is 1. The Balaban J connectivity index is 1.73. The maximum atomic E-state index is 6.13. The van der Waals surface area contributed by atoms with E-state index >= 15 is 0 Å². The second kappa shape index (κ2) is 5.29. The van der Waals surface area contributed by atoms with E-state index in [1.54, 1.807) is 0 Å². The van der Waals surface area contributed by atoms with Crippen LogP contribution in [0.3, 0.4) is 0 Å². The van der Waals surface area contributed by atoms with Crippen LogP contribution in [0.1, 0.15) is 25.3 Å². The van der Waals surface area contributed by atoms with Gasteiger partial charge in [0.2, 0.25) is 0 Å². The van der Waals surface area contributed by atoms with Crippen LogP contribution in [0.5, 0.6) is 11.5 Å². The minimum Gasteiger partial charge on any atom is -0.486 e. The summed E-state index contributed by atoms with van der Waals surface area (Å²) in [6.07, 6.45) is 2.56. The van der Waals surface area contributed by atoms with Crippen molar-refractivity contribution in [2.75, 3.05) is 32.0 Å². The van der Waals surface area contributed by atoms with E-state index in [1.807, 2.05) is 12.1 Å². The molecule has 104 valence electrons. The monoisotopic (exact) mass is 262 g/mol. The number of nitrogens with two attached hydrogens (primary N) is 1. The molecular weight excluding hydrogens is 240 g/mol. The zero-order valence-electron chi connectivity index (χ0n) is 11.5. The van der Waals surface area contributed by atoms with Gasteiger partial charge in [0, 0.05) is 18.3 Å². The Morgan fingerprint density at radius 2 is 1.79 bits per heavy atom. The molecule has 0 bridgehead atoms. The maximum Gasteiger partial charge on any atom is 0.163 e. The molecule has 2 aliphatic rings. The molecule has 0 saturated carbocycles. The number of nitrogens with zero attached hydrogens (tertiary/aromatic N) is 1. The van der Waals surface area contributed by atoms with Gasteiger partial charge in [0.25, 0.3) is 0 Å². The minimum absolute atomic E-state index is 0.607. The van der Waals surface area contributed by atoms with Crippen molar-refractivity contribution < 1.29 is 9.47 Å². The van der Waals surface area contributed by atoms with E-state index in [0.717, 1.165) is 48.3 Å². The van der Waals surface area contributed by atoms with Gasteiger partial charge in [0.1, 0.15) is 13.2 Å². The molecule has 0 spiro atoms. The second-order valence-electron chi connectivity index (χ2n) is 5.65. The van der Waals surface area contributed by atoms with Crippen LogP contribution in [0.4, 0.5) is 5.69 Å². The largest absolute Gasteiger partial charge is 0.486 e. The van der Waals surface area contributed by atoms with Crippen LogP contribution in [0.25, 0.3) is 0 Å². The van der Waals surface area contributed by atoms with Gasteiger partial charge < -0.3 is 15.2 Å². The fourth-order valence-electron chi connectivity index (χ4n) is 2.74. The highest BCUT2D eigenvalue weighted by Gasteiger charge is 2.19. The summed E-state index contributed by atoms with van der Waals surface area (Å²) >= 11 is 0. The first-order chi connectivity index (χ1) is 9.22. The highest BCUT2D eigenvalue weighted by molar-refractivity contribution is 5.58. The molecule has 1 aromatic carbocycles. The summed E-state index contributed by atoms with van der Waals surface area (Å²) in [6, 6.07) is 3.94. The third-order valence-corrected chi connectivity index (χ3v) is 4.07. The summed E-state index contributed by atoms with van der Waals surface area (Å²) in [5.74, 6) is 2.47. The topological polar surface area (TPSA) is 47.7 Å². The van der Waals surface area contributed by atoms with Crippen LogP contribution in [0.15, 0.2) is 12.1 Å². The molecule has 1 fully saturated rings. The Morgan fingerprint density at radius 3 is 2.47 bits per heavy atom. The van der Waals surface area contributed by atoms with Gasteiger partial charge in [-0.05, 0) is 43.5 Å². The molecule has 4 heteroatoms. The van der Waals surface area contributed by atoms with Crippen molar-refractivity contribution in [2.45, 2.75) is 26.3 Å². The Bertz CT molecular complexity index is 454. The molecule has 0 atom stereocenters. The Labute approximate surface area is 114 Å². The highest BCUT2D eigenvalue weighted by Crippen LogP contribution is 2.35. The van der Waals surface area contributed by atoms with Gasteiger partial charge in [-0.1, -0.05) is 6.92 Å². The molecule has 0 radical (unpaired) electrons. The molecule has 0 amide bonds. The number of hydrogen-bond acceptors (Lipinski definition) is 4. The van der Waals surface area contributed by atoms with E-state index in [9.17, 15) is 0 Å². The highest BCUT2D eigenvalue weighted by atomic mass is 16.6. The average Bonchev–Trinajstić information content (AvgIpc) is 2.42. The lowest BCUT2D eigenvalue weighted by molar-refractivity contribution is 0.169. The smallest absolute Gasteiger partial charge is 0.163 e. The molecule has 2 aliphatic heterocycles. The van der Waals surface area contributed by atoms with Crippen molar-refractivity contribution in [1.29, 1.82) is 0 Å². The minimum atomic E-state index is 0.607. The van der Waals surface area contributed by atoms with Gasteiger partial charge in [0.15, 0.2) is 11.5 Å². The van der Waals surface area contributed by atoms with Gasteiger partial charge >= 0.3 is 0 Å². The summed E-state index contributed by atoms with van der Waals surface area (Å²) in [5.41, 5.74) is 8.09. The molecule has 0 unspecified atom stereocenters. The quantitative estimate of drug-likeness (QED) is 0.831. The van der Waals surface area contributed by atoms with Crippen LogP contribution in [0.2, 0.25) is 0 Å². The number of likely N-dealkylation sites (tertiary alicyclic amines) is 1. The Kier molecular flexibility index (Phi) is 3.51. The van der Waals surface area contributed by atoms with Gasteiger partial charge in [-0.25, -0.2) is 0 Å². The zero-order valence-corrected chi connectivity index (χ0v) is 11.5. The van der Waals surface area contributed by atoms with E-state index in [0.29, 0.717) is 13.2 Å². The van der Waals surface area contributed by atoms with Crippen LogP contribution < -0.4 is 15.2 Å². The molecule has 2 heterocycles. The summed E-state index contributed by atoms with van der Waals surface area (Å²) in [5, 5.41) is 0. The first-order valence-electron chi connectivity index (χ1n) is 7.13. The van der Waals surface area contributed by atoms with Gasteiger partial charge in [-0.3, -0.25) is 4.90 Å². The number of piperidine rings is 1. The summed E-state index contributed by atoms with van der Waals surface area (Å²) in [4.78, 5) is 2.47. The number of nitrogen functional groups attached to an aromatic ring is 1. The van der Waals surface area contributed by atoms with E-state index in [4.69, 9.17) is 15.2 Å². The molecule has 1 aromatic rings. The Morgan fingerprint density at radius 1 is 1.16 bits per heavy atom.